The fourth-order valence-electron chi connectivity index (χ4n) is 1.32. The maximum Gasteiger partial charge on any atom is 0.151 e. The van der Waals surface area contributed by atoms with Crippen LogP contribution >= 0.6 is 0 Å². The van der Waals surface area contributed by atoms with E-state index in [9.17, 15) is 20.1 Å². The fraction of sp³-hybridized carbons (Fsp3) is 0.364. The largest absolute Gasteiger partial charge is 0.387 e. The lowest BCUT2D eigenvalue weighted by Gasteiger charge is -2.24. The molecule has 0 bridgehead atoms. The van der Waals surface area contributed by atoms with Gasteiger partial charge in [0.2, 0.25) is 0 Å². The lowest BCUT2D eigenvalue weighted by molar-refractivity contribution is -0.134. The van der Waals surface area contributed by atoms with Gasteiger partial charge in [-0.25, -0.2) is 0 Å². The zero-order chi connectivity index (χ0) is 12.1. The number of hydrogen-bond donors (Lipinski definition) is 4. The molecule has 88 valence electrons. The molecule has 0 fully saturated rings. The number of hydrogen-bond acceptors (Lipinski definition) is 5. The highest BCUT2D eigenvalue weighted by Crippen LogP contribution is 2.19. The van der Waals surface area contributed by atoms with Crippen molar-refractivity contribution in [3.05, 3.63) is 35.9 Å². The van der Waals surface area contributed by atoms with Crippen molar-refractivity contribution >= 4 is 6.29 Å². The van der Waals surface area contributed by atoms with E-state index in [1.807, 2.05) is 0 Å². The van der Waals surface area contributed by atoms with Gasteiger partial charge in [-0.05, 0) is 5.56 Å². The summed E-state index contributed by atoms with van der Waals surface area (Å²) in [4.78, 5) is 10.2. The van der Waals surface area contributed by atoms with Crippen molar-refractivity contribution in [2.24, 2.45) is 0 Å². The summed E-state index contributed by atoms with van der Waals surface area (Å²) in [6.45, 7) is 0. The summed E-state index contributed by atoms with van der Waals surface area (Å²) >= 11 is 0. The summed E-state index contributed by atoms with van der Waals surface area (Å²) < 4.78 is 0. The van der Waals surface area contributed by atoms with Gasteiger partial charge in [0.15, 0.2) is 6.29 Å². The SMILES string of the molecule is O=C[C@H](O)[C@H](O)[C@@H](O)C(O)c1ccccc1. The third-order valence-corrected chi connectivity index (χ3v) is 2.30. The Balaban J connectivity index is 2.74. The molecular weight excluding hydrogens is 212 g/mol. The zero-order valence-corrected chi connectivity index (χ0v) is 8.47. The number of aliphatic hydroxyl groups excluding tert-OH is 4. The quantitative estimate of drug-likeness (QED) is 0.483. The lowest BCUT2D eigenvalue weighted by Crippen LogP contribution is -2.41. The Hall–Kier alpha value is -1.27. The molecule has 5 nitrogen and oxygen atoms in total. The highest BCUT2D eigenvalue weighted by atomic mass is 16.4. The molecule has 0 spiro atoms. The van der Waals surface area contributed by atoms with E-state index >= 15 is 0 Å². The first-order chi connectivity index (χ1) is 7.57. The molecule has 1 unspecified atom stereocenters. The molecule has 0 saturated heterocycles. The van der Waals surface area contributed by atoms with Gasteiger partial charge in [0.25, 0.3) is 0 Å². The van der Waals surface area contributed by atoms with Gasteiger partial charge in [0.05, 0.1) is 0 Å². The van der Waals surface area contributed by atoms with E-state index in [0.29, 0.717) is 5.56 Å². The predicted molar refractivity (Wildman–Crippen MR) is 55.5 cm³/mol. The average molecular weight is 226 g/mol. The Morgan fingerprint density at radius 2 is 1.50 bits per heavy atom. The third kappa shape index (κ3) is 2.86. The van der Waals surface area contributed by atoms with E-state index < -0.39 is 24.4 Å². The van der Waals surface area contributed by atoms with Crippen LogP contribution in [0.25, 0.3) is 0 Å². The lowest BCUT2D eigenvalue weighted by atomic mass is 9.98. The van der Waals surface area contributed by atoms with Crippen LogP contribution in [0.3, 0.4) is 0 Å². The van der Waals surface area contributed by atoms with E-state index in [-0.39, 0.29) is 6.29 Å². The predicted octanol–water partition coefficient (Wildman–Crippen LogP) is -0.998. The van der Waals surface area contributed by atoms with Crippen LogP contribution in [0.15, 0.2) is 30.3 Å². The van der Waals surface area contributed by atoms with Crippen molar-refractivity contribution < 1.29 is 25.2 Å². The monoisotopic (exact) mass is 226 g/mol. The molecule has 0 radical (unpaired) electrons. The number of benzene rings is 1. The molecule has 1 aromatic carbocycles. The third-order valence-electron chi connectivity index (χ3n) is 2.30. The molecule has 0 heterocycles. The van der Waals surface area contributed by atoms with E-state index in [2.05, 4.69) is 0 Å². The molecule has 0 aliphatic rings. The Kier molecular flexibility index (Phi) is 4.57. The molecule has 0 amide bonds. The Bertz CT molecular complexity index is 326. The normalized spacial score (nSPS) is 18.5. The first kappa shape index (κ1) is 12.8. The molecule has 0 saturated carbocycles. The molecule has 4 atom stereocenters. The first-order valence-electron chi connectivity index (χ1n) is 4.80. The van der Waals surface area contributed by atoms with E-state index in [1.165, 1.54) is 0 Å². The van der Waals surface area contributed by atoms with Gasteiger partial charge >= 0.3 is 0 Å². The van der Waals surface area contributed by atoms with Gasteiger partial charge in [-0.15, -0.1) is 0 Å². The number of carbonyl (C=O) groups is 1. The van der Waals surface area contributed by atoms with Crippen LogP contribution in [0.4, 0.5) is 0 Å². The van der Waals surface area contributed by atoms with Gasteiger partial charge in [-0.2, -0.15) is 0 Å². The average Bonchev–Trinajstić information content (AvgIpc) is 2.36. The van der Waals surface area contributed by atoms with Crippen molar-refractivity contribution in [3.63, 3.8) is 0 Å². The molecule has 4 N–H and O–H groups in total. The molecule has 1 rings (SSSR count). The Labute approximate surface area is 92.6 Å². The van der Waals surface area contributed by atoms with Gasteiger partial charge in [0.1, 0.15) is 24.4 Å². The number of aliphatic hydroxyl groups is 4. The number of rotatable bonds is 5. The van der Waals surface area contributed by atoms with Crippen molar-refractivity contribution in [1.29, 1.82) is 0 Å². The van der Waals surface area contributed by atoms with Gasteiger partial charge in [-0.1, -0.05) is 30.3 Å². The minimum atomic E-state index is -1.72. The molecule has 5 heteroatoms. The van der Waals surface area contributed by atoms with Crippen LogP contribution in [-0.4, -0.2) is 45.0 Å². The van der Waals surface area contributed by atoms with Crippen molar-refractivity contribution in [1.82, 2.24) is 0 Å². The standard InChI is InChI=1S/C11H14O5/c12-6-8(13)10(15)11(16)9(14)7-4-2-1-3-5-7/h1-6,8-11,13-16H/t8-,9?,10-,11-/m0/s1. The smallest absolute Gasteiger partial charge is 0.151 e. The minimum absolute atomic E-state index is 0.103. The van der Waals surface area contributed by atoms with Crippen LogP contribution in [0.1, 0.15) is 11.7 Å². The number of aldehydes is 1. The molecule has 0 aromatic heterocycles. The minimum Gasteiger partial charge on any atom is -0.387 e. The van der Waals surface area contributed by atoms with Crippen LogP contribution in [0, 0.1) is 0 Å². The van der Waals surface area contributed by atoms with E-state index in [0.717, 1.165) is 0 Å². The zero-order valence-electron chi connectivity index (χ0n) is 8.47. The van der Waals surface area contributed by atoms with Gasteiger partial charge in [-0.3, -0.25) is 0 Å². The van der Waals surface area contributed by atoms with Crippen LogP contribution in [0.5, 0.6) is 0 Å². The maximum absolute atomic E-state index is 10.2. The second-order valence-electron chi connectivity index (χ2n) is 3.46. The van der Waals surface area contributed by atoms with E-state index in [4.69, 9.17) is 5.11 Å². The van der Waals surface area contributed by atoms with Gasteiger partial charge in [0, 0.05) is 0 Å². The highest BCUT2D eigenvalue weighted by molar-refractivity contribution is 5.56. The topological polar surface area (TPSA) is 98.0 Å². The van der Waals surface area contributed by atoms with Crippen molar-refractivity contribution in [3.8, 4) is 0 Å². The van der Waals surface area contributed by atoms with Gasteiger partial charge < -0.3 is 25.2 Å². The molecule has 0 aliphatic heterocycles. The van der Waals surface area contributed by atoms with Crippen LogP contribution in [0.2, 0.25) is 0 Å². The second-order valence-corrected chi connectivity index (χ2v) is 3.46. The summed E-state index contributed by atoms with van der Waals surface area (Å²) in [7, 11) is 0. The Morgan fingerprint density at radius 3 is 2.00 bits per heavy atom. The summed E-state index contributed by atoms with van der Waals surface area (Å²) in [5.74, 6) is 0. The summed E-state index contributed by atoms with van der Waals surface area (Å²) in [5, 5.41) is 37.5. The summed E-state index contributed by atoms with van der Waals surface area (Å²) in [6, 6.07) is 8.18. The molecule has 16 heavy (non-hydrogen) atoms. The second kappa shape index (κ2) is 5.72. The highest BCUT2D eigenvalue weighted by Gasteiger charge is 2.30. The fourth-order valence-corrected chi connectivity index (χ4v) is 1.32. The summed E-state index contributed by atoms with van der Waals surface area (Å²) in [5.41, 5.74) is 0.396. The molecular formula is C11H14O5. The van der Waals surface area contributed by atoms with Crippen molar-refractivity contribution in [2.45, 2.75) is 24.4 Å². The first-order valence-corrected chi connectivity index (χ1v) is 4.80. The molecule has 1 aromatic rings. The Morgan fingerprint density at radius 1 is 0.938 bits per heavy atom. The maximum atomic E-state index is 10.2. The van der Waals surface area contributed by atoms with E-state index in [1.54, 1.807) is 30.3 Å². The van der Waals surface area contributed by atoms with Crippen molar-refractivity contribution in [2.75, 3.05) is 0 Å². The molecule has 0 aliphatic carbocycles. The number of carbonyl (C=O) groups excluding carboxylic acids is 1. The van der Waals surface area contributed by atoms with Crippen LogP contribution < -0.4 is 0 Å². The van der Waals surface area contributed by atoms with Crippen LogP contribution in [-0.2, 0) is 4.79 Å². The summed E-state index contributed by atoms with van der Waals surface area (Å²) in [6.07, 6.45) is -6.31.